The lowest BCUT2D eigenvalue weighted by Crippen LogP contribution is -2.33. The smallest absolute Gasteiger partial charge is 0.461 e. The molecule has 0 saturated heterocycles. The van der Waals surface area contributed by atoms with Gasteiger partial charge >= 0.3 is 12.5 Å². The Hall–Kier alpha value is -2.22. The lowest BCUT2D eigenvalue weighted by Gasteiger charge is -2.29. The Balaban J connectivity index is 1.91. The minimum atomic E-state index is -4.64. The maximum absolute atomic E-state index is 15.7. The van der Waals surface area contributed by atoms with Crippen LogP contribution in [0.2, 0.25) is 0 Å². The van der Waals surface area contributed by atoms with Crippen LogP contribution < -0.4 is 4.74 Å². The largest absolute Gasteiger partial charge is 0.499 e. The number of aliphatic hydroxyl groups excluding tert-OH is 1. The summed E-state index contributed by atoms with van der Waals surface area (Å²) < 4.78 is 70.7. The number of rotatable bonds is 8. The summed E-state index contributed by atoms with van der Waals surface area (Å²) in [5.41, 5.74) is 0.952. The quantitative estimate of drug-likeness (QED) is 0.311. The molecule has 2 aromatic rings. The predicted molar refractivity (Wildman–Crippen MR) is 117 cm³/mol. The van der Waals surface area contributed by atoms with Gasteiger partial charge in [0.2, 0.25) is 0 Å². The van der Waals surface area contributed by atoms with Gasteiger partial charge in [0.15, 0.2) is 5.05 Å². The van der Waals surface area contributed by atoms with Gasteiger partial charge in [-0.1, -0.05) is 38.0 Å². The molecule has 3 rings (SSSR count). The van der Waals surface area contributed by atoms with E-state index in [1.54, 1.807) is 12.1 Å². The van der Waals surface area contributed by atoms with Crippen LogP contribution >= 0.6 is 12.2 Å². The fourth-order valence-electron chi connectivity index (χ4n) is 4.43. The van der Waals surface area contributed by atoms with Crippen molar-refractivity contribution >= 4 is 17.3 Å². The van der Waals surface area contributed by atoms with Crippen LogP contribution in [0.1, 0.15) is 62.5 Å². The van der Waals surface area contributed by atoms with Crippen LogP contribution in [-0.4, -0.2) is 22.7 Å². The molecule has 8 heteroatoms. The molecule has 1 saturated carbocycles. The second kappa shape index (κ2) is 10.1. The van der Waals surface area contributed by atoms with Crippen molar-refractivity contribution in [1.29, 1.82) is 0 Å². The van der Waals surface area contributed by atoms with E-state index < -0.39 is 29.2 Å². The maximum atomic E-state index is 15.7. The molecule has 2 aromatic carbocycles. The third-order valence-corrected chi connectivity index (χ3v) is 6.26. The number of alkyl halides is 4. The van der Waals surface area contributed by atoms with Crippen LogP contribution in [0.3, 0.4) is 0 Å². The molecule has 1 aliphatic rings. The van der Waals surface area contributed by atoms with Crippen molar-refractivity contribution in [2.75, 3.05) is 0 Å². The molecule has 0 radical (unpaired) electrons. The Kier molecular flexibility index (Phi) is 7.75. The molecule has 32 heavy (non-hydrogen) atoms. The SMILES string of the molecule is CCCC1CCC(c2ccc(C(O)=S)c(-c3ccc(OC(F)(F)C(F)F)cc3)c2F)CC1. The van der Waals surface area contributed by atoms with Gasteiger partial charge in [0.25, 0.3) is 0 Å². The molecule has 0 heterocycles. The molecule has 0 amide bonds. The van der Waals surface area contributed by atoms with Crippen LogP contribution in [0.5, 0.6) is 5.75 Å². The molecule has 0 aliphatic heterocycles. The van der Waals surface area contributed by atoms with Gasteiger partial charge in [0, 0.05) is 11.1 Å². The normalized spacial score (nSPS) is 19.2. The highest BCUT2D eigenvalue weighted by molar-refractivity contribution is 7.80. The molecule has 0 atom stereocenters. The molecule has 1 aliphatic carbocycles. The molecule has 174 valence electrons. The molecular weight excluding hydrogens is 447 g/mol. The molecule has 2 nitrogen and oxygen atoms in total. The number of hydrogen-bond acceptors (Lipinski definition) is 2. The monoisotopic (exact) mass is 472 g/mol. The van der Waals surface area contributed by atoms with Crippen LogP contribution in [0, 0.1) is 11.7 Å². The van der Waals surface area contributed by atoms with E-state index in [0.29, 0.717) is 11.5 Å². The van der Waals surface area contributed by atoms with E-state index in [2.05, 4.69) is 11.7 Å². The van der Waals surface area contributed by atoms with Gasteiger partial charge in [0.1, 0.15) is 11.6 Å². The lowest BCUT2D eigenvalue weighted by molar-refractivity contribution is -0.253. The summed E-state index contributed by atoms with van der Waals surface area (Å²) >= 11 is 4.86. The fourth-order valence-corrected chi connectivity index (χ4v) is 4.60. The third kappa shape index (κ3) is 5.39. The standard InChI is InChI=1S/C24H25F5O2S/c1-2-3-14-4-6-15(7-5-14)18-12-13-19(22(30)32)20(21(18)25)16-8-10-17(11-9-16)31-24(28,29)23(26)27/h8-15,23H,2-7H2,1H3,(H,30,32). The van der Waals surface area contributed by atoms with Crippen LogP contribution in [-0.2, 0) is 0 Å². The number of ether oxygens (including phenoxy) is 1. The van der Waals surface area contributed by atoms with Crippen molar-refractivity contribution in [3.05, 3.63) is 53.3 Å². The first-order valence-electron chi connectivity index (χ1n) is 10.6. The predicted octanol–water partition coefficient (Wildman–Crippen LogP) is 8.04. The second-order valence-corrected chi connectivity index (χ2v) is 8.58. The summed E-state index contributed by atoms with van der Waals surface area (Å²) in [7, 11) is 0. The highest BCUT2D eigenvalue weighted by atomic mass is 32.1. The van der Waals surface area contributed by atoms with E-state index in [1.165, 1.54) is 12.1 Å². The highest BCUT2D eigenvalue weighted by Gasteiger charge is 2.44. The minimum Gasteiger partial charge on any atom is -0.499 e. The van der Waals surface area contributed by atoms with Crippen molar-refractivity contribution in [2.24, 2.45) is 5.92 Å². The highest BCUT2D eigenvalue weighted by Crippen LogP contribution is 2.41. The average Bonchev–Trinajstić information content (AvgIpc) is 2.75. The number of hydrogen-bond donors (Lipinski definition) is 1. The van der Waals surface area contributed by atoms with Gasteiger partial charge in [-0.3, -0.25) is 0 Å². The van der Waals surface area contributed by atoms with Crippen LogP contribution in [0.4, 0.5) is 22.0 Å². The number of benzene rings is 2. The molecule has 0 spiro atoms. The molecule has 1 N–H and O–H groups in total. The van der Waals surface area contributed by atoms with Crippen LogP contribution in [0.25, 0.3) is 11.1 Å². The molecule has 1 fully saturated rings. The van der Waals surface area contributed by atoms with E-state index in [0.717, 1.165) is 50.7 Å². The van der Waals surface area contributed by atoms with E-state index >= 15 is 4.39 Å². The maximum Gasteiger partial charge on any atom is 0.461 e. The Bertz CT molecular complexity index is 938. The van der Waals surface area contributed by atoms with Crippen molar-refractivity contribution < 1.29 is 31.8 Å². The molecular formula is C24H25F5O2S. The number of aliphatic hydroxyl groups is 1. The van der Waals surface area contributed by atoms with Gasteiger partial charge in [-0.05, 0) is 79.1 Å². The summed E-state index contributed by atoms with van der Waals surface area (Å²) in [5, 5.41) is 9.41. The first-order valence-corrected chi connectivity index (χ1v) is 11.1. The fraction of sp³-hybridized carbons (Fsp3) is 0.458. The minimum absolute atomic E-state index is 0.0375. The number of halogens is 5. The topological polar surface area (TPSA) is 29.5 Å². The summed E-state index contributed by atoms with van der Waals surface area (Å²) in [6.45, 7) is 2.15. The van der Waals surface area contributed by atoms with Gasteiger partial charge in [-0.2, -0.15) is 17.6 Å². The van der Waals surface area contributed by atoms with E-state index in [1.807, 2.05) is 0 Å². The Morgan fingerprint density at radius 1 is 1.09 bits per heavy atom. The van der Waals surface area contributed by atoms with E-state index in [4.69, 9.17) is 12.2 Å². The van der Waals surface area contributed by atoms with E-state index in [9.17, 15) is 22.7 Å². The number of thiocarbonyl (C=S) groups is 1. The van der Waals surface area contributed by atoms with Crippen molar-refractivity contribution in [3.8, 4) is 16.9 Å². The lowest BCUT2D eigenvalue weighted by atomic mass is 9.76. The summed E-state index contributed by atoms with van der Waals surface area (Å²) in [6.07, 6.45) is -2.56. The second-order valence-electron chi connectivity index (χ2n) is 8.19. The molecule has 0 bridgehead atoms. The summed E-state index contributed by atoms with van der Waals surface area (Å²) in [4.78, 5) is 0. The zero-order valence-electron chi connectivity index (χ0n) is 17.6. The van der Waals surface area contributed by atoms with Gasteiger partial charge < -0.3 is 9.84 Å². The first kappa shape index (κ1) is 24.4. The zero-order valence-corrected chi connectivity index (χ0v) is 18.4. The van der Waals surface area contributed by atoms with E-state index in [-0.39, 0.29) is 22.6 Å². The van der Waals surface area contributed by atoms with Crippen molar-refractivity contribution in [2.45, 2.75) is 63.9 Å². The average molecular weight is 473 g/mol. The third-order valence-electron chi connectivity index (χ3n) is 6.04. The van der Waals surface area contributed by atoms with Gasteiger partial charge in [-0.25, -0.2) is 4.39 Å². The van der Waals surface area contributed by atoms with Gasteiger partial charge in [-0.15, -0.1) is 0 Å². The summed E-state index contributed by atoms with van der Waals surface area (Å²) in [5.74, 6) is -0.320. The van der Waals surface area contributed by atoms with Crippen LogP contribution in [0.15, 0.2) is 36.4 Å². The molecule has 0 unspecified atom stereocenters. The Labute approximate surface area is 189 Å². The summed E-state index contributed by atoms with van der Waals surface area (Å²) in [6, 6.07) is 7.86. The Morgan fingerprint density at radius 3 is 2.25 bits per heavy atom. The Morgan fingerprint density at radius 2 is 1.72 bits per heavy atom. The molecule has 0 aromatic heterocycles. The van der Waals surface area contributed by atoms with Crippen molar-refractivity contribution in [1.82, 2.24) is 0 Å². The zero-order chi connectivity index (χ0) is 23.5. The van der Waals surface area contributed by atoms with Crippen molar-refractivity contribution in [3.63, 3.8) is 0 Å². The first-order chi connectivity index (χ1) is 15.1. The van der Waals surface area contributed by atoms with Gasteiger partial charge in [0.05, 0.1) is 0 Å².